The minimum atomic E-state index is -0.419. The topological polar surface area (TPSA) is 91.2 Å². The van der Waals surface area contributed by atoms with Gasteiger partial charge >= 0.3 is 0 Å². The lowest BCUT2D eigenvalue weighted by Gasteiger charge is -2.13. The maximum absolute atomic E-state index is 10.4. The normalized spacial score (nSPS) is 11.1. The number of carbonyl (C=O) groups is 1. The van der Waals surface area contributed by atoms with Crippen molar-refractivity contribution in [3.63, 3.8) is 0 Å². The predicted octanol–water partition coefficient (Wildman–Crippen LogP) is 2.21. The van der Waals surface area contributed by atoms with Crippen LogP contribution in [-0.2, 0) is 0 Å². The fourth-order valence-electron chi connectivity index (χ4n) is 1.76. The number of ether oxygens (including phenoxy) is 1. The van der Waals surface area contributed by atoms with E-state index in [-0.39, 0.29) is 6.04 Å². The van der Waals surface area contributed by atoms with E-state index in [1.165, 1.54) is 23.5 Å². The SMILES string of the molecule is Cc1cccc(C)c1OCC(C)N.NC(=O)c1ccncc1. The summed E-state index contributed by atoms with van der Waals surface area (Å²) in [7, 11) is 0. The predicted molar refractivity (Wildman–Crippen MR) is 87.8 cm³/mol. The summed E-state index contributed by atoms with van der Waals surface area (Å²) >= 11 is 0. The average molecular weight is 301 g/mol. The van der Waals surface area contributed by atoms with Gasteiger partial charge in [0.15, 0.2) is 0 Å². The van der Waals surface area contributed by atoms with Crippen molar-refractivity contribution in [2.45, 2.75) is 26.8 Å². The van der Waals surface area contributed by atoms with Crippen molar-refractivity contribution in [3.05, 3.63) is 59.4 Å². The van der Waals surface area contributed by atoms with E-state index in [1.807, 2.05) is 39.0 Å². The van der Waals surface area contributed by atoms with E-state index in [0.29, 0.717) is 12.2 Å². The van der Waals surface area contributed by atoms with Crippen molar-refractivity contribution in [2.24, 2.45) is 11.5 Å². The van der Waals surface area contributed by atoms with Crippen LogP contribution in [0.5, 0.6) is 5.75 Å². The number of nitrogens with two attached hydrogens (primary N) is 2. The fourth-order valence-corrected chi connectivity index (χ4v) is 1.76. The highest BCUT2D eigenvalue weighted by atomic mass is 16.5. The fraction of sp³-hybridized carbons (Fsp3) is 0.294. The Morgan fingerprint density at radius 1 is 1.18 bits per heavy atom. The summed E-state index contributed by atoms with van der Waals surface area (Å²) in [4.78, 5) is 14.1. The average Bonchev–Trinajstić information content (AvgIpc) is 2.48. The molecule has 22 heavy (non-hydrogen) atoms. The first-order valence-corrected chi connectivity index (χ1v) is 7.06. The molecule has 2 rings (SSSR count). The van der Waals surface area contributed by atoms with Crippen LogP contribution in [0.4, 0.5) is 0 Å². The molecule has 1 amide bonds. The van der Waals surface area contributed by atoms with Gasteiger partial charge in [0.25, 0.3) is 0 Å². The van der Waals surface area contributed by atoms with Gasteiger partial charge in [-0.05, 0) is 44.0 Å². The molecule has 5 nitrogen and oxygen atoms in total. The molecule has 2 aromatic rings. The molecule has 1 heterocycles. The van der Waals surface area contributed by atoms with E-state index in [9.17, 15) is 4.79 Å². The van der Waals surface area contributed by atoms with Gasteiger partial charge in [-0.3, -0.25) is 9.78 Å². The van der Waals surface area contributed by atoms with Gasteiger partial charge in [-0.2, -0.15) is 0 Å². The van der Waals surface area contributed by atoms with Crippen molar-refractivity contribution < 1.29 is 9.53 Å². The Balaban J connectivity index is 0.000000235. The smallest absolute Gasteiger partial charge is 0.248 e. The molecule has 1 aromatic heterocycles. The molecule has 118 valence electrons. The second kappa shape index (κ2) is 8.79. The number of nitrogens with zero attached hydrogens (tertiary/aromatic N) is 1. The van der Waals surface area contributed by atoms with Gasteiger partial charge in [-0.1, -0.05) is 18.2 Å². The summed E-state index contributed by atoms with van der Waals surface area (Å²) in [5, 5.41) is 0. The minimum absolute atomic E-state index is 0.0824. The van der Waals surface area contributed by atoms with Crippen molar-refractivity contribution in [1.82, 2.24) is 4.98 Å². The van der Waals surface area contributed by atoms with Gasteiger partial charge in [-0.15, -0.1) is 0 Å². The molecule has 0 aliphatic heterocycles. The van der Waals surface area contributed by atoms with Crippen LogP contribution in [0.2, 0.25) is 0 Å². The van der Waals surface area contributed by atoms with Gasteiger partial charge in [0.1, 0.15) is 12.4 Å². The first-order chi connectivity index (χ1) is 10.4. The third kappa shape index (κ3) is 5.93. The molecule has 1 aromatic carbocycles. The van der Waals surface area contributed by atoms with Crippen LogP contribution >= 0.6 is 0 Å². The molecule has 0 radical (unpaired) electrons. The lowest BCUT2D eigenvalue weighted by atomic mass is 10.1. The summed E-state index contributed by atoms with van der Waals surface area (Å²) < 4.78 is 5.60. The Morgan fingerprint density at radius 2 is 1.73 bits per heavy atom. The largest absolute Gasteiger partial charge is 0.491 e. The number of carbonyl (C=O) groups excluding carboxylic acids is 1. The summed E-state index contributed by atoms with van der Waals surface area (Å²) in [6.45, 7) is 6.60. The summed E-state index contributed by atoms with van der Waals surface area (Å²) in [5.41, 5.74) is 13.4. The minimum Gasteiger partial charge on any atom is -0.491 e. The number of aromatic nitrogens is 1. The van der Waals surface area contributed by atoms with Crippen LogP contribution in [0.15, 0.2) is 42.7 Å². The Morgan fingerprint density at radius 3 is 2.14 bits per heavy atom. The lowest BCUT2D eigenvalue weighted by Crippen LogP contribution is -2.24. The molecule has 0 saturated carbocycles. The van der Waals surface area contributed by atoms with Crippen LogP contribution in [0.1, 0.15) is 28.4 Å². The van der Waals surface area contributed by atoms with E-state index in [0.717, 1.165) is 5.75 Å². The van der Waals surface area contributed by atoms with E-state index in [4.69, 9.17) is 16.2 Å². The summed E-state index contributed by atoms with van der Waals surface area (Å²) in [6.07, 6.45) is 3.06. The molecule has 0 bridgehead atoms. The maximum Gasteiger partial charge on any atom is 0.248 e. The number of rotatable bonds is 4. The molecule has 5 heteroatoms. The van der Waals surface area contributed by atoms with Crippen LogP contribution in [0.25, 0.3) is 0 Å². The molecule has 1 atom stereocenters. The molecule has 0 saturated heterocycles. The van der Waals surface area contributed by atoms with Gasteiger partial charge in [-0.25, -0.2) is 0 Å². The highest BCUT2D eigenvalue weighted by Crippen LogP contribution is 2.22. The maximum atomic E-state index is 10.4. The zero-order valence-electron chi connectivity index (χ0n) is 13.2. The first kappa shape index (κ1) is 17.7. The van der Waals surface area contributed by atoms with Crippen molar-refractivity contribution in [2.75, 3.05) is 6.61 Å². The van der Waals surface area contributed by atoms with Crippen molar-refractivity contribution in [3.8, 4) is 5.75 Å². The van der Waals surface area contributed by atoms with Crippen molar-refractivity contribution >= 4 is 5.91 Å². The van der Waals surface area contributed by atoms with E-state index in [1.54, 1.807) is 12.1 Å². The molecular weight excluding hydrogens is 278 g/mol. The van der Waals surface area contributed by atoms with Gasteiger partial charge in [0.05, 0.1) is 0 Å². The van der Waals surface area contributed by atoms with Crippen molar-refractivity contribution in [1.29, 1.82) is 0 Å². The second-order valence-electron chi connectivity index (χ2n) is 5.11. The lowest BCUT2D eigenvalue weighted by molar-refractivity contribution is 0.1000. The molecule has 0 aliphatic carbocycles. The first-order valence-electron chi connectivity index (χ1n) is 7.06. The molecule has 4 N–H and O–H groups in total. The number of primary amides is 1. The monoisotopic (exact) mass is 301 g/mol. The van der Waals surface area contributed by atoms with Crippen LogP contribution < -0.4 is 16.2 Å². The molecular formula is C17H23N3O2. The van der Waals surface area contributed by atoms with Crippen LogP contribution in [0, 0.1) is 13.8 Å². The quantitative estimate of drug-likeness (QED) is 0.905. The van der Waals surface area contributed by atoms with E-state index >= 15 is 0 Å². The number of para-hydroxylation sites is 1. The Kier molecular flexibility index (Phi) is 7.05. The number of benzene rings is 1. The molecule has 0 fully saturated rings. The summed E-state index contributed by atoms with van der Waals surface area (Å²) in [5.74, 6) is 0.553. The zero-order chi connectivity index (χ0) is 16.5. The van der Waals surface area contributed by atoms with Gasteiger partial charge in [0, 0.05) is 24.0 Å². The van der Waals surface area contributed by atoms with Crippen LogP contribution in [-0.4, -0.2) is 23.5 Å². The molecule has 1 unspecified atom stereocenters. The highest BCUT2D eigenvalue weighted by Gasteiger charge is 2.03. The zero-order valence-corrected chi connectivity index (χ0v) is 13.2. The second-order valence-corrected chi connectivity index (χ2v) is 5.11. The van der Waals surface area contributed by atoms with E-state index in [2.05, 4.69) is 4.98 Å². The summed E-state index contributed by atoms with van der Waals surface area (Å²) in [6, 6.07) is 9.35. The molecule has 0 aliphatic rings. The standard InChI is InChI=1S/C11H17NO.C6H6N2O/c1-8-5-4-6-9(2)11(8)13-7-10(3)12;7-6(9)5-1-3-8-4-2-5/h4-6,10H,7,12H2,1-3H3;1-4H,(H2,7,9). The Hall–Kier alpha value is -2.40. The Bertz CT molecular complexity index is 578. The highest BCUT2D eigenvalue weighted by molar-refractivity contribution is 5.92. The molecule has 0 spiro atoms. The third-order valence-electron chi connectivity index (χ3n) is 2.86. The Labute approximate surface area is 131 Å². The van der Waals surface area contributed by atoms with Crippen LogP contribution in [0.3, 0.4) is 0 Å². The third-order valence-corrected chi connectivity index (χ3v) is 2.86. The number of hydrogen-bond acceptors (Lipinski definition) is 4. The van der Waals surface area contributed by atoms with E-state index < -0.39 is 5.91 Å². The number of aryl methyl sites for hydroxylation is 2. The van der Waals surface area contributed by atoms with Gasteiger partial charge < -0.3 is 16.2 Å². The number of hydrogen-bond donors (Lipinski definition) is 2. The number of amides is 1. The van der Waals surface area contributed by atoms with Gasteiger partial charge in [0.2, 0.25) is 5.91 Å². The number of pyridine rings is 1.